The number of nitrogens with zero attached hydrogens (tertiary/aromatic N) is 1. The monoisotopic (exact) mass is 268 g/mol. The maximum Gasteiger partial charge on any atom is 0.245 e. The number of nitrogens with two attached hydrogens (primary N) is 1. The van der Waals surface area contributed by atoms with Gasteiger partial charge in [-0.3, -0.25) is 0 Å². The average molecular weight is 268 g/mol. The SMILES string of the molecule is Cc1cccc(N)c1S(=O)(=O)N1CCC(C)(C)C1. The van der Waals surface area contributed by atoms with E-state index in [1.807, 2.05) is 0 Å². The van der Waals surface area contributed by atoms with Crippen molar-refractivity contribution in [2.45, 2.75) is 32.1 Å². The van der Waals surface area contributed by atoms with Gasteiger partial charge in [0.05, 0.1) is 5.69 Å². The van der Waals surface area contributed by atoms with Crippen LogP contribution in [0.25, 0.3) is 0 Å². The predicted octanol–water partition coefficient (Wildman–Crippen LogP) is 2.00. The van der Waals surface area contributed by atoms with E-state index in [1.165, 1.54) is 0 Å². The van der Waals surface area contributed by atoms with Crippen molar-refractivity contribution in [3.8, 4) is 0 Å². The molecule has 5 heteroatoms. The number of sulfonamides is 1. The Morgan fingerprint density at radius 3 is 2.50 bits per heavy atom. The second kappa shape index (κ2) is 4.24. The molecule has 0 saturated carbocycles. The fourth-order valence-corrected chi connectivity index (χ4v) is 4.37. The molecule has 1 aliphatic rings. The van der Waals surface area contributed by atoms with Crippen LogP contribution < -0.4 is 5.73 Å². The van der Waals surface area contributed by atoms with Crippen LogP contribution in [0.2, 0.25) is 0 Å². The van der Waals surface area contributed by atoms with Crippen molar-refractivity contribution in [2.24, 2.45) is 5.41 Å². The fourth-order valence-electron chi connectivity index (χ4n) is 2.42. The van der Waals surface area contributed by atoms with E-state index >= 15 is 0 Å². The Morgan fingerprint density at radius 1 is 1.33 bits per heavy atom. The summed E-state index contributed by atoms with van der Waals surface area (Å²) in [4.78, 5) is 0.266. The summed E-state index contributed by atoms with van der Waals surface area (Å²) in [6, 6.07) is 5.20. The fraction of sp³-hybridized carbons (Fsp3) is 0.538. The Bertz CT molecular complexity index is 544. The van der Waals surface area contributed by atoms with Crippen molar-refractivity contribution in [1.29, 1.82) is 0 Å². The molecular formula is C13H20N2O2S. The van der Waals surface area contributed by atoms with E-state index < -0.39 is 10.0 Å². The molecule has 0 aliphatic carbocycles. The molecular weight excluding hydrogens is 248 g/mol. The second-order valence-electron chi connectivity index (χ2n) is 5.75. The molecule has 2 rings (SSSR count). The van der Waals surface area contributed by atoms with Gasteiger partial charge in [0.1, 0.15) is 4.90 Å². The molecule has 1 saturated heterocycles. The van der Waals surface area contributed by atoms with Crippen LogP contribution in [0, 0.1) is 12.3 Å². The van der Waals surface area contributed by atoms with Gasteiger partial charge in [-0.15, -0.1) is 0 Å². The molecule has 0 atom stereocenters. The molecule has 4 nitrogen and oxygen atoms in total. The van der Waals surface area contributed by atoms with E-state index in [9.17, 15) is 8.42 Å². The number of benzene rings is 1. The first kappa shape index (κ1) is 13.4. The average Bonchev–Trinajstić information content (AvgIpc) is 2.59. The molecule has 100 valence electrons. The van der Waals surface area contributed by atoms with Crippen molar-refractivity contribution in [3.63, 3.8) is 0 Å². The first-order valence-electron chi connectivity index (χ1n) is 6.09. The number of hydrogen-bond donors (Lipinski definition) is 1. The zero-order chi connectivity index (χ0) is 13.6. The molecule has 1 aliphatic heterocycles. The summed E-state index contributed by atoms with van der Waals surface area (Å²) < 4.78 is 26.8. The largest absolute Gasteiger partial charge is 0.398 e. The van der Waals surface area contributed by atoms with Crippen LogP contribution in [0.1, 0.15) is 25.8 Å². The van der Waals surface area contributed by atoms with Gasteiger partial charge in [0, 0.05) is 13.1 Å². The molecule has 1 aromatic carbocycles. The number of nitrogen functional groups attached to an aromatic ring is 1. The molecule has 2 N–H and O–H groups in total. The van der Waals surface area contributed by atoms with E-state index in [1.54, 1.807) is 29.4 Å². The summed E-state index contributed by atoms with van der Waals surface area (Å²) in [7, 11) is -3.46. The lowest BCUT2D eigenvalue weighted by Crippen LogP contribution is -2.31. The summed E-state index contributed by atoms with van der Waals surface area (Å²) >= 11 is 0. The molecule has 0 amide bonds. The van der Waals surface area contributed by atoms with Crippen LogP contribution in [-0.4, -0.2) is 25.8 Å². The van der Waals surface area contributed by atoms with Crippen LogP contribution in [0.4, 0.5) is 5.69 Å². The molecule has 0 radical (unpaired) electrons. The van der Waals surface area contributed by atoms with Crippen LogP contribution in [0.15, 0.2) is 23.1 Å². The second-order valence-corrected chi connectivity index (χ2v) is 7.62. The summed E-state index contributed by atoms with van der Waals surface area (Å²) in [6.45, 7) is 7.09. The van der Waals surface area contributed by atoms with E-state index in [0.717, 1.165) is 6.42 Å². The lowest BCUT2D eigenvalue weighted by molar-refractivity contribution is 0.375. The quantitative estimate of drug-likeness (QED) is 0.834. The molecule has 1 aromatic rings. The molecule has 1 fully saturated rings. The minimum Gasteiger partial charge on any atom is -0.398 e. The van der Waals surface area contributed by atoms with Crippen LogP contribution in [0.3, 0.4) is 0 Å². The zero-order valence-electron chi connectivity index (χ0n) is 11.1. The molecule has 0 spiro atoms. The number of anilines is 1. The summed E-state index contributed by atoms with van der Waals surface area (Å²) in [5.74, 6) is 0. The van der Waals surface area contributed by atoms with E-state index in [2.05, 4.69) is 13.8 Å². The van der Waals surface area contributed by atoms with Gasteiger partial charge in [0.2, 0.25) is 10.0 Å². The summed E-state index contributed by atoms with van der Waals surface area (Å²) in [6.07, 6.45) is 0.887. The lowest BCUT2D eigenvalue weighted by Gasteiger charge is -2.21. The van der Waals surface area contributed by atoms with Gasteiger partial charge in [-0.25, -0.2) is 8.42 Å². The van der Waals surface area contributed by atoms with Crippen LogP contribution in [0.5, 0.6) is 0 Å². The van der Waals surface area contributed by atoms with Gasteiger partial charge < -0.3 is 5.73 Å². The van der Waals surface area contributed by atoms with E-state index in [4.69, 9.17) is 5.73 Å². The Balaban J connectivity index is 2.44. The highest BCUT2D eigenvalue weighted by Gasteiger charge is 2.38. The summed E-state index contributed by atoms with van der Waals surface area (Å²) in [5.41, 5.74) is 6.92. The topological polar surface area (TPSA) is 63.4 Å². The first-order valence-corrected chi connectivity index (χ1v) is 7.53. The van der Waals surface area contributed by atoms with Gasteiger partial charge in [-0.05, 0) is 30.4 Å². The first-order chi connectivity index (χ1) is 8.24. The van der Waals surface area contributed by atoms with Gasteiger partial charge >= 0.3 is 0 Å². The molecule has 0 bridgehead atoms. The smallest absolute Gasteiger partial charge is 0.245 e. The molecule has 0 aromatic heterocycles. The minimum absolute atomic E-state index is 0.0461. The van der Waals surface area contributed by atoms with Gasteiger partial charge in [0.15, 0.2) is 0 Å². The Hall–Kier alpha value is -1.07. The van der Waals surface area contributed by atoms with Crippen molar-refractivity contribution in [1.82, 2.24) is 4.31 Å². The highest BCUT2D eigenvalue weighted by molar-refractivity contribution is 7.89. The van der Waals surface area contributed by atoms with Crippen molar-refractivity contribution < 1.29 is 8.42 Å². The van der Waals surface area contributed by atoms with Crippen molar-refractivity contribution in [3.05, 3.63) is 23.8 Å². The molecule has 0 unspecified atom stereocenters. The van der Waals surface area contributed by atoms with Crippen molar-refractivity contribution in [2.75, 3.05) is 18.8 Å². The third-order valence-corrected chi connectivity index (χ3v) is 5.55. The maximum absolute atomic E-state index is 12.6. The normalized spacial score (nSPS) is 20.2. The van der Waals surface area contributed by atoms with Gasteiger partial charge in [0.25, 0.3) is 0 Å². The standard InChI is InChI=1S/C13H20N2O2S/c1-10-5-4-6-11(14)12(10)18(16,17)15-8-7-13(2,3)9-15/h4-6H,7-9,14H2,1-3H3. The highest BCUT2D eigenvalue weighted by Crippen LogP contribution is 2.35. The number of rotatable bonds is 2. The van der Waals surface area contributed by atoms with Crippen molar-refractivity contribution >= 4 is 15.7 Å². The van der Waals surface area contributed by atoms with Crippen LogP contribution >= 0.6 is 0 Å². The number of aryl methyl sites for hydroxylation is 1. The van der Waals surface area contributed by atoms with Gasteiger partial charge in [-0.2, -0.15) is 4.31 Å². The molecule has 1 heterocycles. The Morgan fingerprint density at radius 2 is 2.00 bits per heavy atom. The van der Waals surface area contributed by atoms with E-state index in [-0.39, 0.29) is 10.3 Å². The predicted molar refractivity (Wildman–Crippen MR) is 72.7 cm³/mol. The molecule has 18 heavy (non-hydrogen) atoms. The third kappa shape index (κ3) is 2.24. The number of hydrogen-bond acceptors (Lipinski definition) is 3. The Kier molecular flexibility index (Phi) is 3.15. The minimum atomic E-state index is -3.46. The van der Waals surface area contributed by atoms with Crippen LogP contribution in [-0.2, 0) is 10.0 Å². The maximum atomic E-state index is 12.6. The van der Waals surface area contributed by atoms with Gasteiger partial charge in [-0.1, -0.05) is 26.0 Å². The Labute approximate surface area is 109 Å². The lowest BCUT2D eigenvalue weighted by atomic mass is 9.93. The van der Waals surface area contributed by atoms with E-state index in [0.29, 0.717) is 24.3 Å². The third-order valence-electron chi connectivity index (χ3n) is 3.48. The zero-order valence-corrected chi connectivity index (χ0v) is 11.9. The summed E-state index contributed by atoms with van der Waals surface area (Å²) in [5, 5.41) is 0. The highest BCUT2D eigenvalue weighted by atomic mass is 32.2.